The molecule has 0 spiro atoms. The number of amidine groups is 1. The molecule has 0 amide bonds. The lowest BCUT2D eigenvalue weighted by atomic mass is 9.59. The van der Waals surface area contributed by atoms with Crippen LogP contribution in [0, 0.1) is 5.41 Å². The molecular formula is C59H46N2. The fourth-order valence-electron chi connectivity index (χ4n) is 10.2. The summed E-state index contributed by atoms with van der Waals surface area (Å²) >= 11 is 0. The van der Waals surface area contributed by atoms with Gasteiger partial charge in [-0.2, -0.15) is 0 Å². The molecule has 0 aliphatic heterocycles. The highest BCUT2D eigenvalue weighted by Crippen LogP contribution is 2.54. The van der Waals surface area contributed by atoms with E-state index in [-0.39, 0.29) is 10.8 Å². The van der Waals surface area contributed by atoms with Gasteiger partial charge in [0.15, 0.2) is 0 Å². The molecule has 0 aromatic heterocycles. The number of hydrogen-bond donors (Lipinski definition) is 2. The van der Waals surface area contributed by atoms with Crippen LogP contribution >= 0.6 is 0 Å². The lowest BCUT2D eigenvalue weighted by Gasteiger charge is -2.44. The highest BCUT2D eigenvalue weighted by atomic mass is 14.9. The summed E-state index contributed by atoms with van der Waals surface area (Å²) in [6.45, 7) is 9.63. The minimum atomic E-state index is -0.207. The lowest BCUT2D eigenvalue weighted by molar-refractivity contribution is 0.522. The Morgan fingerprint density at radius 3 is 1.36 bits per heavy atom. The first-order valence-electron chi connectivity index (χ1n) is 21.3. The van der Waals surface area contributed by atoms with E-state index in [1.54, 1.807) is 0 Å². The molecule has 2 nitrogen and oxygen atoms in total. The van der Waals surface area contributed by atoms with E-state index in [9.17, 15) is 0 Å². The molecule has 10 aromatic carbocycles. The van der Waals surface area contributed by atoms with E-state index in [1.807, 2.05) is 30.3 Å². The fourth-order valence-corrected chi connectivity index (χ4v) is 10.2. The van der Waals surface area contributed by atoms with Crippen LogP contribution < -0.4 is 5.32 Å². The number of hydrogen-bond acceptors (Lipinski definition) is 1. The Kier molecular flexibility index (Phi) is 8.38. The van der Waals surface area contributed by atoms with Crippen molar-refractivity contribution in [2.45, 2.75) is 38.5 Å². The molecule has 292 valence electrons. The summed E-state index contributed by atoms with van der Waals surface area (Å²) in [5.74, 6) is 0.374. The molecule has 1 aliphatic rings. The average Bonchev–Trinajstić information content (AvgIpc) is 3.30. The van der Waals surface area contributed by atoms with Crippen LogP contribution in [0.1, 0.15) is 55.5 Å². The zero-order valence-corrected chi connectivity index (χ0v) is 35.0. The summed E-state index contributed by atoms with van der Waals surface area (Å²) in [5.41, 5.74) is 14.1. The van der Waals surface area contributed by atoms with Gasteiger partial charge in [0.2, 0.25) is 0 Å². The summed E-state index contributed by atoms with van der Waals surface area (Å²) in [7, 11) is 0. The van der Waals surface area contributed by atoms with Crippen LogP contribution in [0.2, 0.25) is 0 Å². The fraction of sp³-hybridized carbons (Fsp3) is 0.102. The Balaban J connectivity index is 1.21. The Morgan fingerprint density at radius 2 is 0.803 bits per heavy atom. The van der Waals surface area contributed by atoms with E-state index in [1.165, 1.54) is 87.6 Å². The van der Waals surface area contributed by atoms with Crippen LogP contribution in [-0.2, 0) is 10.8 Å². The molecule has 61 heavy (non-hydrogen) atoms. The van der Waals surface area contributed by atoms with Crippen LogP contribution in [0.15, 0.2) is 194 Å². The van der Waals surface area contributed by atoms with E-state index in [0.29, 0.717) is 5.84 Å². The number of rotatable bonds is 5. The monoisotopic (exact) mass is 782 g/mol. The molecular weight excluding hydrogens is 737 g/mol. The second-order valence-electron chi connectivity index (χ2n) is 17.8. The third kappa shape index (κ3) is 5.97. The normalized spacial score (nSPS) is 13.9. The maximum absolute atomic E-state index is 8.81. The van der Waals surface area contributed by atoms with Crippen molar-refractivity contribution in [1.82, 2.24) is 0 Å². The minimum Gasteiger partial charge on any atom is -0.340 e. The van der Waals surface area contributed by atoms with Gasteiger partial charge in [-0.05, 0) is 141 Å². The molecule has 10 aromatic rings. The van der Waals surface area contributed by atoms with Gasteiger partial charge < -0.3 is 5.32 Å². The molecule has 0 saturated carbocycles. The van der Waals surface area contributed by atoms with Crippen LogP contribution in [0.3, 0.4) is 0 Å². The summed E-state index contributed by atoms with van der Waals surface area (Å²) in [6, 6.07) is 70.9. The zero-order chi connectivity index (χ0) is 41.5. The van der Waals surface area contributed by atoms with E-state index in [2.05, 4.69) is 197 Å². The number of fused-ring (bicyclic) bond motifs is 6. The van der Waals surface area contributed by atoms with Crippen molar-refractivity contribution in [2.75, 3.05) is 5.32 Å². The Hall–Kier alpha value is -7.29. The van der Waals surface area contributed by atoms with E-state index in [4.69, 9.17) is 5.41 Å². The predicted molar refractivity (Wildman–Crippen MR) is 260 cm³/mol. The Bertz CT molecular complexity index is 3390. The predicted octanol–water partition coefficient (Wildman–Crippen LogP) is 15.7. The molecule has 0 bridgehead atoms. The molecule has 0 radical (unpaired) electrons. The molecule has 2 heteroatoms. The summed E-state index contributed by atoms with van der Waals surface area (Å²) in [6.07, 6.45) is 0. The molecule has 11 rings (SSSR count). The number of para-hydroxylation sites is 1. The van der Waals surface area contributed by atoms with E-state index in [0.717, 1.165) is 22.4 Å². The first kappa shape index (κ1) is 36.8. The largest absolute Gasteiger partial charge is 0.340 e. The Morgan fingerprint density at radius 1 is 0.361 bits per heavy atom. The van der Waals surface area contributed by atoms with Gasteiger partial charge in [-0.15, -0.1) is 0 Å². The van der Waals surface area contributed by atoms with E-state index < -0.39 is 0 Å². The Labute approximate surface area is 357 Å². The highest BCUT2D eigenvalue weighted by molar-refractivity contribution is 6.23. The minimum absolute atomic E-state index is 0.197. The van der Waals surface area contributed by atoms with Crippen molar-refractivity contribution in [3.05, 3.63) is 222 Å². The number of benzene rings is 10. The summed E-state index contributed by atoms with van der Waals surface area (Å²) in [5, 5.41) is 22.0. The topological polar surface area (TPSA) is 35.9 Å². The molecule has 0 fully saturated rings. The SMILES string of the molecule is CC1(C)c2ccccc2C(C)(C)c2cc3c(-c4ccc5ccccc5c4)c4cc(-c5ccc(C(=N)Nc6ccccc6)cc5)ccc4c(-c4ccc5ccccc5c4)c3cc21. The highest BCUT2D eigenvalue weighted by Gasteiger charge is 2.42. The van der Waals surface area contributed by atoms with Crippen LogP contribution in [0.5, 0.6) is 0 Å². The molecule has 0 saturated heterocycles. The van der Waals surface area contributed by atoms with Crippen molar-refractivity contribution in [3.63, 3.8) is 0 Å². The lowest BCUT2D eigenvalue weighted by Crippen LogP contribution is -2.36. The zero-order valence-electron chi connectivity index (χ0n) is 35.0. The second-order valence-corrected chi connectivity index (χ2v) is 17.8. The molecule has 0 unspecified atom stereocenters. The third-order valence-corrected chi connectivity index (χ3v) is 13.5. The van der Waals surface area contributed by atoms with Crippen molar-refractivity contribution >= 4 is 54.6 Å². The number of nitrogens with one attached hydrogen (secondary N) is 2. The average molecular weight is 783 g/mol. The first-order valence-corrected chi connectivity index (χ1v) is 21.3. The maximum atomic E-state index is 8.81. The van der Waals surface area contributed by atoms with Crippen molar-refractivity contribution in [3.8, 4) is 33.4 Å². The molecule has 1 aliphatic carbocycles. The van der Waals surface area contributed by atoms with E-state index >= 15 is 0 Å². The van der Waals surface area contributed by atoms with Crippen LogP contribution in [0.25, 0.3) is 76.5 Å². The van der Waals surface area contributed by atoms with Crippen LogP contribution in [0.4, 0.5) is 5.69 Å². The molecule has 0 heterocycles. The van der Waals surface area contributed by atoms with Gasteiger partial charge in [0, 0.05) is 22.1 Å². The molecule has 0 atom stereocenters. The van der Waals surface area contributed by atoms with Gasteiger partial charge >= 0.3 is 0 Å². The van der Waals surface area contributed by atoms with Gasteiger partial charge in [0.25, 0.3) is 0 Å². The molecule has 2 N–H and O–H groups in total. The van der Waals surface area contributed by atoms with Gasteiger partial charge in [-0.3, -0.25) is 5.41 Å². The van der Waals surface area contributed by atoms with Crippen molar-refractivity contribution in [1.29, 1.82) is 5.41 Å². The number of anilines is 1. The van der Waals surface area contributed by atoms with Crippen molar-refractivity contribution in [2.24, 2.45) is 0 Å². The van der Waals surface area contributed by atoms with Gasteiger partial charge in [0.1, 0.15) is 5.84 Å². The first-order chi connectivity index (χ1) is 29.6. The van der Waals surface area contributed by atoms with Crippen LogP contribution in [-0.4, -0.2) is 5.84 Å². The standard InChI is InChI=1S/C59H46N2/c1-58(2)51-20-12-13-21-52(51)59(3,4)54-36-50-49(35-53(54)58)55(44-28-24-37-14-8-10-16-41(37)32-44)47-31-30-43(34-48(47)56(50)45-29-25-38-15-9-11-17-42(38)33-45)39-22-26-40(27-23-39)57(60)61-46-18-6-5-7-19-46/h5-36H,1-4H3,(H2,60,61). The van der Waals surface area contributed by atoms with Gasteiger partial charge in [-0.25, -0.2) is 0 Å². The third-order valence-electron chi connectivity index (χ3n) is 13.5. The van der Waals surface area contributed by atoms with Gasteiger partial charge in [-0.1, -0.05) is 179 Å². The van der Waals surface area contributed by atoms with Crippen molar-refractivity contribution < 1.29 is 0 Å². The van der Waals surface area contributed by atoms with Gasteiger partial charge in [0.05, 0.1) is 0 Å². The quantitative estimate of drug-likeness (QED) is 0.102. The summed E-state index contributed by atoms with van der Waals surface area (Å²) in [4.78, 5) is 0. The summed E-state index contributed by atoms with van der Waals surface area (Å²) < 4.78 is 0. The smallest absolute Gasteiger partial charge is 0.129 e. The maximum Gasteiger partial charge on any atom is 0.129 e. The second kappa shape index (κ2) is 13.9.